The summed E-state index contributed by atoms with van der Waals surface area (Å²) in [5.41, 5.74) is 3.22. The standard InChI is InChI=1S/C21H24N2O3S/c1-14-6-3-4-9-19(14)22-27(25,26)18-10-11-20-17(13-18)12-15(2)23(20)21(24)16-7-5-8-16/h3-4,6,9-11,13,15-16,22H,5,7-8,12H2,1-2H3/t15-/m0/s1. The molecule has 1 atom stereocenters. The largest absolute Gasteiger partial charge is 0.309 e. The van der Waals surface area contributed by atoms with Crippen molar-refractivity contribution in [1.82, 2.24) is 0 Å². The van der Waals surface area contributed by atoms with Crippen LogP contribution in [0, 0.1) is 12.8 Å². The predicted octanol–water partition coefficient (Wildman–Crippen LogP) is 3.87. The average molecular weight is 385 g/mol. The lowest BCUT2D eigenvalue weighted by Gasteiger charge is -2.32. The summed E-state index contributed by atoms with van der Waals surface area (Å²) in [5, 5.41) is 0. The Morgan fingerprint density at radius 2 is 1.89 bits per heavy atom. The minimum absolute atomic E-state index is 0.0652. The van der Waals surface area contributed by atoms with E-state index in [0.717, 1.165) is 36.1 Å². The number of sulfonamides is 1. The fourth-order valence-electron chi connectivity index (χ4n) is 3.85. The number of amides is 1. The Bertz CT molecular complexity index is 996. The number of nitrogens with zero attached hydrogens (tertiary/aromatic N) is 1. The molecule has 1 heterocycles. The highest BCUT2D eigenvalue weighted by molar-refractivity contribution is 7.92. The molecule has 1 aliphatic heterocycles. The number of nitrogens with one attached hydrogen (secondary N) is 1. The van der Waals surface area contributed by atoms with Crippen molar-refractivity contribution >= 4 is 27.3 Å². The Kier molecular flexibility index (Phi) is 4.46. The second kappa shape index (κ2) is 6.68. The van der Waals surface area contributed by atoms with E-state index in [-0.39, 0.29) is 22.8 Å². The summed E-state index contributed by atoms with van der Waals surface area (Å²) < 4.78 is 28.3. The van der Waals surface area contributed by atoms with Crippen LogP contribution in [0.15, 0.2) is 47.4 Å². The zero-order valence-electron chi connectivity index (χ0n) is 15.6. The second-order valence-electron chi connectivity index (χ2n) is 7.60. The highest BCUT2D eigenvalue weighted by Gasteiger charge is 2.37. The van der Waals surface area contributed by atoms with Gasteiger partial charge < -0.3 is 4.90 Å². The minimum Gasteiger partial charge on any atom is -0.309 e. The lowest BCUT2D eigenvalue weighted by Crippen LogP contribution is -2.42. The third-order valence-electron chi connectivity index (χ3n) is 5.66. The third-order valence-corrected chi connectivity index (χ3v) is 7.02. The topological polar surface area (TPSA) is 66.5 Å². The molecule has 5 nitrogen and oxygen atoms in total. The van der Waals surface area contributed by atoms with Crippen molar-refractivity contribution < 1.29 is 13.2 Å². The van der Waals surface area contributed by atoms with Crippen LogP contribution in [-0.2, 0) is 21.2 Å². The summed E-state index contributed by atoms with van der Waals surface area (Å²) in [4.78, 5) is 14.9. The molecule has 1 fully saturated rings. The Morgan fingerprint density at radius 1 is 1.15 bits per heavy atom. The van der Waals surface area contributed by atoms with E-state index in [1.54, 1.807) is 30.3 Å². The number of anilines is 2. The molecule has 0 spiro atoms. The summed E-state index contributed by atoms with van der Waals surface area (Å²) >= 11 is 0. The van der Waals surface area contributed by atoms with Gasteiger partial charge in [0.15, 0.2) is 0 Å². The zero-order valence-corrected chi connectivity index (χ0v) is 16.4. The molecule has 0 radical (unpaired) electrons. The van der Waals surface area contributed by atoms with Crippen LogP contribution in [0.4, 0.5) is 11.4 Å². The average Bonchev–Trinajstić information content (AvgIpc) is 2.90. The van der Waals surface area contributed by atoms with Crippen LogP contribution in [0.1, 0.15) is 37.3 Å². The number of hydrogen-bond donors (Lipinski definition) is 1. The molecule has 0 bridgehead atoms. The molecule has 1 saturated carbocycles. The Labute approximate surface area is 160 Å². The molecule has 0 saturated heterocycles. The van der Waals surface area contributed by atoms with Crippen LogP contribution in [-0.4, -0.2) is 20.4 Å². The minimum atomic E-state index is -3.68. The molecular weight excluding hydrogens is 360 g/mol. The van der Waals surface area contributed by atoms with Gasteiger partial charge in [-0.05, 0) is 68.5 Å². The van der Waals surface area contributed by atoms with E-state index < -0.39 is 10.0 Å². The van der Waals surface area contributed by atoms with Gasteiger partial charge in [-0.15, -0.1) is 0 Å². The number of para-hydroxylation sites is 1. The van der Waals surface area contributed by atoms with Gasteiger partial charge in [0.2, 0.25) is 5.91 Å². The Morgan fingerprint density at radius 3 is 2.56 bits per heavy atom. The monoisotopic (exact) mass is 384 g/mol. The summed E-state index contributed by atoms with van der Waals surface area (Å²) in [6.07, 6.45) is 3.73. The van der Waals surface area contributed by atoms with E-state index in [0.29, 0.717) is 12.1 Å². The van der Waals surface area contributed by atoms with Gasteiger partial charge in [-0.25, -0.2) is 8.42 Å². The summed E-state index contributed by atoms with van der Waals surface area (Å²) in [7, 11) is -3.68. The molecule has 0 aromatic heterocycles. The van der Waals surface area contributed by atoms with Crippen molar-refractivity contribution in [3.05, 3.63) is 53.6 Å². The highest BCUT2D eigenvalue weighted by Crippen LogP contribution is 2.38. The van der Waals surface area contributed by atoms with Gasteiger partial charge in [0.1, 0.15) is 0 Å². The molecule has 6 heteroatoms. The van der Waals surface area contributed by atoms with Crippen molar-refractivity contribution in [1.29, 1.82) is 0 Å². The molecule has 1 N–H and O–H groups in total. The van der Waals surface area contributed by atoms with Gasteiger partial charge in [-0.2, -0.15) is 0 Å². The molecule has 2 aromatic carbocycles. The Hall–Kier alpha value is -2.34. The highest BCUT2D eigenvalue weighted by atomic mass is 32.2. The van der Waals surface area contributed by atoms with Crippen molar-refractivity contribution in [3.8, 4) is 0 Å². The van der Waals surface area contributed by atoms with Crippen molar-refractivity contribution in [2.75, 3.05) is 9.62 Å². The van der Waals surface area contributed by atoms with E-state index >= 15 is 0 Å². The SMILES string of the molecule is Cc1ccccc1NS(=O)(=O)c1ccc2c(c1)C[C@H](C)N2C(=O)C1CCC1. The third kappa shape index (κ3) is 3.23. The first-order valence-electron chi connectivity index (χ1n) is 9.41. The van der Waals surface area contributed by atoms with Crippen molar-refractivity contribution in [2.45, 2.75) is 50.5 Å². The smallest absolute Gasteiger partial charge is 0.261 e. The van der Waals surface area contributed by atoms with Gasteiger partial charge in [-0.3, -0.25) is 9.52 Å². The lowest BCUT2D eigenvalue weighted by atomic mass is 9.84. The first-order chi connectivity index (χ1) is 12.9. The van der Waals surface area contributed by atoms with Gasteiger partial charge >= 0.3 is 0 Å². The number of aryl methyl sites for hydroxylation is 1. The van der Waals surface area contributed by atoms with E-state index in [1.807, 2.05) is 30.9 Å². The second-order valence-corrected chi connectivity index (χ2v) is 9.28. The maximum Gasteiger partial charge on any atom is 0.261 e. The fourth-order valence-corrected chi connectivity index (χ4v) is 5.03. The van der Waals surface area contributed by atoms with E-state index in [1.165, 1.54) is 0 Å². The van der Waals surface area contributed by atoms with Crippen LogP contribution in [0.2, 0.25) is 0 Å². The normalized spacial score (nSPS) is 19.5. The van der Waals surface area contributed by atoms with Crippen LogP contribution >= 0.6 is 0 Å². The molecule has 1 aliphatic carbocycles. The number of rotatable bonds is 4. The first-order valence-corrected chi connectivity index (χ1v) is 10.9. The maximum absolute atomic E-state index is 12.8. The molecule has 1 amide bonds. The maximum atomic E-state index is 12.8. The molecule has 4 rings (SSSR count). The molecule has 2 aliphatic rings. The number of carbonyl (C=O) groups is 1. The number of fused-ring (bicyclic) bond motifs is 1. The van der Waals surface area contributed by atoms with Gasteiger partial charge in [-0.1, -0.05) is 24.6 Å². The van der Waals surface area contributed by atoms with Crippen LogP contribution in [0.25, 0.3) is 0 Å². The molecular formula is C21H24N2O3S. The Balaban J connectivity index is 1.62. The number of carbonyl (C=O) groups excluding carboxylic acids is 1. The molecule has 2 aromatic rings. The quantitative estimate of drug-likeness (QED) is 0.870. The van der Waals surface area contributed by atoms with Gasteiger partial charge in [0, 0.05) is 17.6 Å². The van der Waals surface area contributed by atoms with Crippen LogP contribution < -0.4 is 9.62 Å². The van der Waals surface area contributed by atoms with Gasteiger partial charge in [0.25, 0.3) is 10.0 Å². The first kappa shape index (κ1) is 18.0. The fraction of sp³-hybridized carbons (Fsp3) is 0.381. The van der Waals surface area contributed by atoms with Crippen molar-refractivity contribution in [3.63, 3.8) is 0 Å². The van der Waals surface area contributed by atoms with E-state index in [9.17, 15) is 13.2 Å². The zero-order chi connectivity index (χ0) is 19.2. The van der Waals surface area contributed by atoms with Crippen molar-refractivity contribution in [2.24, 2.45) is 5.92 Å². The van der Waals surface area contributed by atoms with Crippen LogP contribution in [0.5, 0.6) is 0 Å². The summed E-state index contributed by atoms with van der Waals surface area (Å²) in [6, 6.07) is 12.4. The van der Waals surface area contributed by atoms with E-state index in [2.05, 4.69) is 4.72 Å². The molecule has 142 valence electrons. The van der Waals surface area contributed by atoms with E-state index in [4.69, 9.17) is 0 Å². The number of benzene rings is 2. The van der Waals surface area contributed by atoms with Gasteiger partial charge in [0.05, 0.1) is 10.6 Å². The lowest BCUT2D eigenvalue weighted by molar-refractivity contribution is -0.125. The summed E-state index contributed by atoms with van der Waals surface area (Å²) in [6.45, 7) is 3.89. The molecule has 27 heavy (non-hydrogen) atoms. The molecule has 0 unspecified atom stereocenters. The number of hydrogen-bond acceptors (Lipinski definition) is 3. The van der Waals surface area contributed by atoms with Crippen LogP contribution in [0.3, 0.4) is 0 Å². The predicted molar refractivity (Wildman–Crippen MR) is 106 cm³/mol. The summed E-state index contributed by atoms with van der Waals surface area (Å²) in [5.74, 6) is 0.311.